The Morgan fingerprint density at radius 2 is 1.91 bits per heavy atom. The van der Waals surface area contributed by atoms with Crippen LogP contribution in [0.15, 0.2) is 71.7 Å². The van der Waals surface area contributed by atoms with Gasteiger partial charge in [-0.15, -0.1) is 0 Å². The van der Waals surface area contributed by atoms with Crippen molar-refractivity contribution >= 4 is 34.4 Å². The number of hydrogen-bond donors (Lipinski definition) is 2. The fourth-order valence-electron chi connectivity index (χ4n) is 3.54. The van der Waals surface area contributed by atoms with Crippen molar-refractivity contribution in [2.75, 3.05) is 5.32 Å². The molecular weight excluding hydrogens is 470 g/mol. The molecule has 1 amide bonds. The molecular formula is C24H20ClN7O3. The van der Waals surface area contributed by atoms with Crippen molar-refractivity contribution in [3.63, 3.8) is 0 Å². The monoisotopic (exact) mass is 489 g/mol. The zero-order chi connectivity index (χ0) is 24.5. The van der Waals surface area contributed by atoms with Gasteiger partial charge >= 0.3 is 0 Å². The first kappa shape index (κ1) is 22.4. The minimum absolute atomic E-state index is 0.117. The summed E-state index contributed by atoms with van der Waals surface area (Å²) >= 11 is 6.13. The third-order valence-corrected chi connectivity index (χ3v) is 5.42. The summed E-state index contributed by atoms with van der Waals surface area (Å²) in [4.78, 5) is 32.9. The predicted molar refractivity (Wildman–Crippen MR) is 132 cm³/mol. The lowest BCUT2D eigenvalue weighted by molar-refractivity contribution is -0.122. The van der Waals surface area contributed by atoms with Gasteiger partial charge in [0.25, 0.3) is 11.5 Å². The average molecular weight is 490 g/mol. The Labute approximate surface area is 204 Å². The van der Waals surface area contributed by atoms with Gasteiger partial charge in [0.15, 0.2) is 11.8 Å². The molecule has 0 spiro atoms. The number of para-hydroxylation sites is 1. The van der Waals surface area contributed by atoms with E-state index >= 15 is 0 Å². The Morgan fingerprint density at radius 3 is 2.69 bits per heavy atom. The number of carbonyl (C=O) groups is 1. The first-order chi connectivity index (χ1) is 16.9. The number of halogens is 1. The van der Waals surface area contributed by atoms with Crippen molar-refractivity contribution in [2.24, 2.45) is 0 Å². The Kier molecular flexibility index (Phi) is 5.79. The van der Waals surface area contributed by atoms with Gasteiger partial charge in [0.1, 0.15) is 17.0 Å². The third-order valence-electron chi connectivity index (χ3n) is 5.19. The molecule has 0 radical (unpaired) electrons. The maximum absolute atomic E-state index is 12.8. The van der Waals surface area contributed by atoms with E-state index in [1.165, 1.54) is 15.6 Å². The van der Waals surface area contributed by atoms with Crippen LogP contribution in [0.25, 0.3) is 22.7 Å². The van der Waals surface area contributed by atoms with E-state index in [0.717, 1.165) is 0 Å². The van der Waals surface area contributed by atoms with Gasteiger partial charge in [0, 0.05) is 11.1 Å². The van der Waals surface area contributed by atoms with Gasteiger partial charge in [-0.3, -0.25) is 14.6 Å². The van der Waals surface area contributed by atoms with Gasteiger partial charge in [0.05, 0.1) is 17.6 Å². The molecule has 35 heavy (non-hydrogen) atoms. The molecule has 2 aromatic carbocycles. The van der Waals surface area contributed by atoms with E-state index in [4.69, 9.17) is 16.3 Å². The lowest BCUT2D eigenvalue weighted by Crippen LogP contribution is -2.31. The summed E-state index contributed by atoms with van der Waals surface area (Å²) in [6, 6.07) is 17.8. The number of aromatic amines is 1. The summed E-state index contributed by atoms with van der Waals surface area (Å²) in [5.41, 5.74) is 1.18. The first-order valence-electron chi connectivity index (χ1n) is 10.7. The second-order valence-corrected chi connectivity index (χ2v) is 8.24. The number of aryl methyl sites for hydroxylation is 1. The number of amides is 1. The molecule has 0 saturated carbocycles. The molecule has 2 N–H and O–H groups in total. The van der Waals surface area contributed by atoms with Crippen molar-refractivity contribution in [3.05, 3.63) is 87.9 Å². The lowest BCUT2D eigenvalue weighted by Gasteiger charge is -2.15. The van der Waals surface area contributed by atoms with Gasteiger partial charge in [-0.25, -0.2) is 4.68 Å². The molecule has 0 fully saturated rings. The molecule has 0 aliphatic rings. The smallest absolute Gasteiger partial charge is 0.266 e. The minimum Gasteiger partial charge on any atom is -0.481 e. The summed E-state index contributed by atoms with van der Waals surface area (Å²) in [6.07, 6.45) is 0.658. The molecule has 11 heteroatoms. The fraction of sp³-hybridized carbons (Fsp3) is 0.125. The summed E-state index contributed by atoms with van der Waals surface area (Å²) in [6.45, 7) is 3.41. The number of H-pyrrole nitrogens is 1. The van der Waals surface area contributed by atoms with Crippen molar-refractivity contribution in [1.29, 1.82) is 0 Å². The SMILES string of the molecule is Cc1cc(NC(=O)[C@H](C)Oc2ccccc2)n(-c2nc3c(cnn3-c3cccc(Cl)c3)c(=O)[nH]2)n1. The number of fused-ring (bicyclic) bond motifs is 1. The molecule has 3 aromatic heterocycles. The maximum atomic E-state index is 12.8. The van der Waals surface area contributed by atoms with Gasteiger partial charge in [0.2, 0.25) is 5.95 Å². The minimum atomic E-state index is -0.778. The second kappa shape index (κ2) is 9.07. The van der Waals surface area contributed by atoms with Crippen LogP contribution in [0, 0.1) is 6.92 Å². The highest BCUT2D eigenvalue weighted by Crippen LogP contribution is 2.20. The van der Waals surface area contributed by atoms with Crippen LogP contribution >= 0.6 is 11.6 Å². The summed E-state index contributed by atoms with van der Waals surface area (Å²) in [5.74, 6) is 0.631. The van der Waals surface area contributed by atoms with E-state index in [1.54, 1.807) is 56.3 Å². The zero-order valence-corrected chi connectivity index (χ0v) is 19.5. The van der Waals surface area contributed by atoms with E-state index in [9.17, 15) is 9.59 Å². The number of benzene rings is 2. The Hall–Kier alpha value is -4.44. The van der Waals surface area contributed by atoms with Crippen LogP contribution in [0.1, 0.15) is 12.6 Å². The molecule has 0 aliphatic heterocycles. The standard InChI is InChI=1S/C24H20ClN7O3/c1-14-11-20(27-22(33)15(2)35-18-9-4-3-5-10-18)32(30-14)24-28-21-19(23(34)29-24)13-26-31(21)17-8-6-7-16(25)12-17/h3-13,15H,1-2H3,(H,27,33)(H,28,29,34)/t15-/m0/s1. The second-order valence-electron chi connectivity index (χ2n) is 7.81. The molecule has 10 nitrogen and oxygen atoms in total. The number of hydrogen-bond acceptors (Lipinski definition) is 6. The van der Waals surface area contributed by atoms with Crippen LogP contribution in [0.3, 0.4) is 0 Å². The molecule has 1 atom stereocenters. The molecule has 176 valence electrons. The van der Waals surface area contributed by atoms with Crippen LogP contribution in [0.5, 0.6) is 5.75 Å². The summed E-state index contributed by atoms with van der Waals surface area (Å²) < 4.78 is 8.58. The molecule has 0 unspecified atom stereocenters. The van der Waals surface area contributed by atoms with Gasteiger partial charge in [-0.05, 0) is 44.2 Å². The molecule has 0 saturated heterocycles. The number of rotatable bonds is 6. The Bertz CT molecular complexity index is 1590. The van der Waals surface area contributed by atoms with Crippen molar-refractivity contribution in [1.82, 2.24) is 29.5 Å². The Morgan fingerprint density at radius 1 is 1.11 bits per heavy atom. The first-order valence-corrected chi connectivity index (χ1v) is 11.1. The Balaban J connectivity index is 1.49. The third kappa shape index (κ3) is 4.51. The normalized spacial score (nSPS) is 12.0. The zero-order valence-electron chi connectivity index (χ0n) is 18.8. The number of nitrogens with zero attached hydrogens (tertiary/aromatic N) is 5. The van der Waals surface area contributed by atoms with Crippen molar-refractivity contribution in [2.45, 2.75) is 20.0 Å². The van der Waals surface area contributed by atoms with E-state index in [0.29, 0.717) is 39.0 Å². The largest absolute Gasteiger partial charge is 0.481 e. The van der Waals surface area contributed by atoms with Crippen molar-refractivity contribution < 1.29 is 9.53 Å². The topological polar surface area (TPSA) is 120 Å². The van der Waals surface area contributed by atoms with Crippen LogP contribution in [-0.4, -0.2) is 41.5 Å². The predicted octanol–water partition coefficient (Wildman–Crippen LogP) is 3.66. The van der Waals surface area contributed by atoms with Gasteiger partial charge < -0.3 is 10.1 Å². The summed E-state index contributed by atoms with van der Waals surface area (Å²) in [5, 5.41) is 12.3. The van der Waals surface area contributed by atoms with E-state index in [1.807, 2.05) is 18.2 Å². The van der Waals surface area contributed by atoms with Gasteiger partial charge in [-0.2, -0.15) is 19.9 Å². The number of aromatic nitrogens is 6. The van der Waals surface area contributed by atoms with Crippen LogP contribution in [0.4, 0.5) is 5.82 Å². The molecule has 5 aromatic rings. The van der Waals surface area contributed by atoms with E-state index in [-0.39, 0.29) is 11.9 Å². The molecule has 3 heterocycles. The average Bonchev–Trinajstić information content (AvgIpc) is 3.43. The highest BCUT2D eigenvalue weighted by molar-refractivity contribution is 6.30. The van der Waals surface area contributed by atoms with Crippen molar-refractivity contribution in [3.8, 4) is 17.4 Å². The fourth-order valence-corrected chi connectivity index (χ4v) is 3.72. The number of ether oxygens (including phenoxy) is 1. The molecule has 0 bridgehead atoms. The van der Waals surface area contributed by atoms with Crippen LogP contribution < -0.4 is 15.6 Å². The highest BCUT2D eigenvalue weighted by Gasteiger charge is 2.20. The van der Waals surface area contributed by atoms with E-state index in [2.05, 4.69) is 25.5 Å². The molecule has 5 rings (SSSR count). The number of anilines is 1. The lowest BCUT2D eigenvalue weighted by atomic mass is 10.3. The van der Waals surface area contributed by atoms with Gasteiger partial charge in [-0.1, -0.05) is 35.9 Å². The maximum Gasteiger partial charge on any atom is 0.266 e. The molecule has 0 aliphatic carbocycles. The highest BCUT2D eigenvalue weighted by atomic mass is 35.5. The van der Waals surface area contributed by atoms with Crippen LogP contribution in [0.2, 0.25) is 5.02 Å². The van der Waals surface area contributed by atoms with E-state index < -0.39 is 11.7 Å². The van der Waals surface area contributed by atoms with Crippen LogP contribution in [-0.2, 0) is 4.79 Å². The summed E-state index contributed by atoms with van der Waals surface area (Å²) in [7, 11) is 0. The number of carbonyl (C=O) groups excluding carboxylic acids is 1. The quantitative estimate of drug-likeness (QED) is 0.375. The number of nitrogens with one attached hydrogen (secondary N) is 2.